The van der Waals surface area contributed by atoms with Gasteiger partial charge in [-0.2, -0.15) is 0 Å². The average molecular weight is 250 g/mol. The van der Waals surface area contributed by atoms with Crippen molar-refractivity contribution >= 4 is 15.8 Å². The van der Waals surface area contributed by atoms with Crippen LogP contribution in [0.15, 0.2) is 0 Å². The van der Waals surface area contributed by atoms with Crippen LogP contribution in [0.4, 0.5) is 0 Å². The summed E-state index contributed by atoms with van der Waals surface area (Å²) in [5.74, 6) is -1.66. The van der Waals surface area contributed by atoms with Crippen LogP contribution in [0.1, 0.15) is 26.7 Å². The monoisotopic (exact) mass is 250 g/mol. The summed E-state index contributed by atoms with van der Waals surface area (Å²) in [4.78, 5) is 11.0. The standard InChI is InChI=1S/C10H18O5S/c1-7(2)9(10(11)12)16(13,14)8-3-5-15-6-4-8/h7-9H,3-6H2,1-2H3,(H,11,12). The van der Waals surface area contributed by atoms with Gasteiger partial charge in [0.2, 0.25) is 0 Å². The molecule has 0 saturated carbocycles. The highest BCUT2D eigenvalue weighted by Crippen LogP contribution is 2.24. The van der Waals surface area contributed by atoms with Crippen molar-refractivity contribution in [3.05, 3.63) is 0 Å². The molecular weight excluding hydrogens is 232 g/mol. The molecule has 1 heterocycles. The molecule has 0 aromatic rings. The molecule has 1 atom stereocenters. The van der Waals surface area contributed by atoms with Crippen molar-refractivity contribution in [1.29, 1.82) is 0 Å². The number of hydrogen-bond acceptors (Lipinski definition) is 4. The van der Waals surface area contributed by atoms with Crippen molar-refractivity contribution in [2.75, 3.05) is 13.2 Å². The van der Waals surface area contributed by atoms with Gasteiger partial charge >= 0.3 is 5.97 Å². The molecule has 0 amide bonds. The summed E-state index contributed by atoms with van der Waals surface area (Å²) < 4.78 is 29.3. The van der Waals surface area contributed by atoms with Crippen molar-refractivity contribution in [2.24, 2.45) is 5.92 Å². The van der Waals surface area contributed by atoms with Gasteiger partial charge in [-0.15, -0.1) is 0 Å². The third-order valence-corrected chi connectivity index (χ3v) is 5.69. The molecule has 1 aliphatic rings. The number of sulfone groups is 1. The topological polar surface area (TPSA) is 80.7 Å². The zero-order chi connectivity index (χ0) is 12.3. The largest absolute Gasteiger partial charge is 0.480 e. The Bertz CT molecular complexity index is 340. The first-order chi connectivity index (χ1) is 7.37. The maximum atomic E-state index is 12.1. The minimum Gasteiger partial charge on any atom is -0.480 e. The number of carbonyl (C=O) groups is 1. The maximum absolute atomic E-state index is 12.1. The van der Waals surface area contributed by atoms with Crippen molar-refractivity contribution in [1.82, 2.24) is 0 Å². The van der Waals surface area contributed by atoms with Gasteiger partial charge in [-0.05, 0) is 18.8 Å². The van der Waals surface area contributed by atoms with Crippen LogP contribution in [-0.4, -0.2) is 43.2 Å². The quantitative estimate of drug-likeness (QED) is 0.794. The van der Waals surface area contributed by atoms with Gasteiger partial charge in [-0.3, -0.25) is 4.79 Å². The van der Waals surface area contributed by atoms with Crippen LogP contribution in [0.25, 0.3) is 0 Å². The second-order valence-electron chi connectivity index (χ2n) is 4.40. The van der Waals surface area contributed by atoms with E-state index in [9.17, 15) is 13.2 Å². The Morgan fingerprint density at radius 1 is 1.31 bits per heavy atom. The van der Waals surface area contributed by atoms with Crippen LogP contribution < -0.4 is 0 Å². The van der Waals surface area contributed by atoms with Gasteiger partial charge < -0.3 is 9.84 Å². The van der Waals surface area contributed by atoms with E-state index in [1.165, 1.54) is 0 Å². The smallest absolute Gasteiger partial charge is 0.322 e. The van der Waals surface area contributed by atoms with Crippen LogP contribution in [0.2, 0.25) is 0 Å². The maximum Gasteiger partial charge on any atom is 0.322 e. The molecule has 1 rings (SSSR count). The predicted octanol–water partition coefficient (Wildman–Crippen LogP) is 0.689. The number of aliphatic carboxylic acids is 1. The average Bonchev–Trinajstić information content (AvgIpc) is 2.17. The van der Waals surface area contributed by atoms with E-state index in [0.29, 0.717) is 26.1 Å². The Morgan fingerprint density at radius 3 is 2.19 bits per heavy atom. The molecule has 5 nitrogen and oxygen atoms in total. The molecule has 1 aliphatic heterocycles. The molecule has 0 spiro atoms. The number of hydrogen-bond donors (Lipinski definition) is 1. The number of carboxylic acids is 1. The molecule has 0 radical (unpaired) electrons. The Morgan fingerprint density at radius 2 is 1.81 bits per heavy atom. The second kappa shape index (κ2) is 5.14. The fourth-order valence-electron chi connectivity index (χ4n) is 2.02. The van der Waals surface area contributed by atoms with E-state index in [1.807, 2.05) is 0 Å². The fraction of sp³-hybridized carbons (Fsp3) is 0.900. The Hall–Kier alpha value is -0.620. The van der Waals surface area contributed by atoms with Gasteiger partial charge in [0.15, 0.2) is 15.1 Å². The highest BCUT2D eigenvalue weighted by molar-refractivity contribution is 7.93. The lowest BCUT2D eigenvalue weighted by molar-refractivity contribution is -0.137. The van der Waals surface area contributed by atoms with Gasteiger partial charge in [0.1, 0.15) is 0 Å². The molecule has 1 fully saturated rings. The molecule has 0 aliphatic carbocycles. The predicted molar refractivity (Wildman–Crippen MR) is 59.0 cm³/mol. The fourth-order valence-corrected chi connectivity index (χ4v) is 4.32. The highest BCUT2D eigenvalue weighted by atomic mass is 32.2. The molecular formula is C10H18O5S. The van der Waals surface area contributed by atoms with Crippen molar-refractivity contribution in [3.8, 4) is 0 Å². The summed E-state index contributed by atoms with van der Waals surface area (Å²) in [7, 11) is -3.60. The van der Waals surface area contributed by atoms with E-state index in [2.05, 4.69) is 0 Å². The molecule has 1 saturated heterocycles. The Labute approximate surface area is 95.7 Å². The highest BCUT2D eigenvalue weighted by Gasteiger charge is 2.41. The van der Waals surface area contributed by atoms with Gasteiger partial charge in [0, 0.05) is 13.2 Å². The molecule has 6 heteroatoms. The summed E-state index contributed by atoms with van der Waals surface area (Å²) in [6.07, 6.45) is 0.803. The van der Waals surface area contributed by atoms with Crippen LogP contribution in [0.3, 0.4) is 0 Å². The summed E-state index contributed by atoms with van der Waals surface area (Å²) in [5.41, 5.74) is 0. The van der Waals surface area contributed by atoms with Gasteiger partial charge in [-0.1, -0.05) is 13.8 Å². The first-order valence-corrected chi connectivity index (χ1v) is 7.01. The minimum absolute atomic E-state index is 0.397. The minimum atomic E-state index is -3.60. The Kier molecular flexibility index (Phi) is 4.32. The van der Waals surface area contributed by atoms with E-state index in [4.69, 9.17) is 9.84 Å². The van der Waals surface area contributed by atoms with Gasteiger partial charge in [0.25, 0.3) is 0 Å². The second-order valence-corrected chi connectivity index (χ2v) is 6.76. The third kappa shape index (κ3) is 2.74. The first-order valence-electron chi connectivity index (χ1n) is 5.40. The number of ether oxygens (including phenoxy) is 1. The first kappa shape index (κ1) is 13.4. The van der Waals surface area contributed by atoms with Crippen molar-refractivity contribution < 1.29 is 23.1 Å². The lowest BCUT2D eigenvalue weighted by Gasteiger charge is -2.26. The Balaban J connectivity index is 2.93. The zero-order valence-electron chi connectivity index (χ0n) is 9.55. The van der Waals surface area contributed by atoms with E-state index in [1.54, 1.807) is 13.8 Å². The third-order valence-electron chi connectivity index (χ3n) is 2.84. The van der Waals surface area contributed by atoms with Crippen LogP contribution in [0.5, 0.6) is 0 Å². The number of carboxylic acid groups (broad SMARTS) is 1. The van der Waals surface area contributed by atoms with E-state index < -0.39 is 32.2 Å². The normalized spacial score (nSPS) is 20.9. The van der Waals surface area contributed by atoms with Crippen molar-refractivity contribution in [2.45, 2.75) is 37.2 Å². The van der Waals surface area contributed by atoms with Crippen molar-refractivity contribution in [3.63, 3.8) is 0 Å². The van der Waals surface area contributed by atoms with Crippen LogP contribution in [0, 0.1) is 5.92 Å². The SMILES string of the molecule is CC(C)C(C(=O)O)S(=O)(=O)C1CCOCC1. The molecule has 94 valence electrons. The molecule has 0 bridgehead atoms. The lowest BCUT2D eigenvalue weighted by atomic mass is 10.1. The van der Waals surface area contributed by atoms with E-state index in [0.717, 1.165) is 0 Å². The van der Waals surface area contributed by atoms with Crippen LogP contribution in [-0.2, 0) is 19.4 Å². The molecule has 1 N–H and O–H groups in total. The van der Waals surface area contributed by atoms with E-state index in [-0.39, 0.29) is 0 Å². The number of rotatable bonds is 4. The summed E-state index contributed by atoms with van der Waals surface area (Å²) in [6, 6.07) is 0. The van der Waals surface area contributed by atoms with Crippen LogP contribution >= 0.6 is 0 Å². The molecule has 0 aromatic heterocycles. The summed E-state index contributed by atoms with van der Waals surface area (Å²) in [6.45, 7) is 4.04. The summed E-state index contributed by atoms with van der Waals surface area (Å²) >= 11 is 0. The molecule has 1 unspecified atom stereocenters. The molecule has 0 aromatic carbocycles. The zero-order valence-corrected chi connectivity index (χ0v) is 10.4. The lowest BCUT2D eigenvalue weighted by Crippen LogP contribution is -2.43. The van der Waals surface area contributed by atoms with E-state index >= 15 is 0 Å². The molecule has 16 heavy (non-hydrogen) atoms. The summed E-state index contributed by atoms with van der Waals surface area (Å²) in [5, 5.41) is 7.14. The van der Waals surface area contributed by atoms with Gasteiger partial charge in [-0.25, -0.2) is 8.42 Å². The van der Waals surface area contributed by atoms with Gasteiger partial charge in [0.05, 0.1) is 5.25 Å².